The van der Waals surface area contributed by atoms with Crippen molar-refractivity contribution in [2.75, 3.05) is 13.1 Å². The van der Waals surface area contributed by atoms with Crippen LogP contribution in [-0.4, -0.2) is 35.2 Å². The Hall–Kier alpha value is -0.905. The summed E-state index contributed by atoms with van der Waals surface area (Å²) in [7, 11) is -1.61. The van der Waals surface area contributed by atoms with Gasteiger partial charge in [0.05, 0.1) is 0 Å². The van der Waals surface area contributed by atoms with E-state index < -0.39 is 7.12 Å². The molecular weight excluding hydrogens is 232 g/mol. The zero-order valence-electron chi connectivity index (χ0n) is 10.6. The highest BCUT2D eigenvalue weighted by Crippen LogP contribution is 2.21. The van der Waals surface area contributed by atoms with Gasteiger partial charge in [-0.15, -0.1) is 0 Å². The smallest absolute Gasteiger partial charge is 0.423 e. The quantitative estimate of drug-likeness (QED) is 0.775. The molecule has 1 saturated heterocycles. The van der Waals surface area contributed by atoms with E-state index in [2.05, 4.69) is 11.8 Å². The lowest BCUT2D eigenvalue weighted by atomic mass is 9.80. The summed E-state index contributed by atoms with van der Waals surface area (Å²) in [6.45, 7) is 4.83. The minimum absolute atomic E-state index is 0.198. The van der Waals surface area contributed by atoms with Crippen molar-refractivity contribution in [1.82, 2.24) is 4.90 Å². The summed E-state index contributed by atoms with van der Waals surface area (Å²) >= 11 is 0. The first-order valence-electron chi connectivity index (χ1n) is 6.47. The van der Waals surface area contributed by atoms with E-state index in [1.54, 1.807) is 12.1 Å². The normalized spacial score (nSPS) is 20.3. The molecule has 0 radical (unpaired) electrons. The van der Waals surface area contributed by atoms with Gasteiger partial charge < -0.3 is 10.0 Å². The van der Waals surface area contributed by atoms with E-state index in [4.69, 9.17) is 10.0 Å². The Labute approximate surface area is 107 Å². The van der Waals surface area contributed by atoms with Gasteiger partial charge in [-0.05, 0) is 30.4 Å². The highest BCUT2D eigenvalue weighted by atomic mass is 19.1. The monoisotopic (exact) mass is 251 g/mol. The second kappa shape index (κ2) is 5.82. The Morgan fingerprint density at radius 3 is 2.78 bits per heavy atom. The van der Waals surface area contributed by atoms with E-state index in [0.29, 0.717) is 12.1 Å². The Morgan fingerprint density at radius 1 is 1.44 bits per heavy atom. The molecular formula is C13H19BFNO2. The molecule has 3 nitrogen and oxygen atoms in total. The van der Waals surface area contributed by atoms with Crippen LogP contribution in [0.2, 0.25) is 0 Å². The van der Waals surface area contributed by atoms with Crippen LogP contribution in [0.1, 0.15) is 25.3 Å². The van der Waals surface area contributed by atoms with Crippen LogP contribution in [-0.2, 0) is 6.54 Å². The van der Waals surface area contributed by atoms with E-state index in [1.807, 2.05) is 0 Å². The molecule has 18 heavy (non-hydrogen) atoms. The topological polar surface area (TPSA) is 43.7 Å². The molecule has 0 aromatic heterocycles. The van der Waals surface area contributed by atoms with Gasteiger partial charge in [-0.1, -0.05) is 25.5 Å². The number of hydrogen-bond donors (Lipinski definition) is 2. The zero-order valence-corrected chi connectivity index (χ0v) is 10.6. The number of rotatable bonds is 4. The minimum atomic E-state index is -1.61. The Morgan fingerprint density at radius 2 is 2.22 bits per heavy atom. The van der Waals surface area contributed by atoms with Crippen LogP contribution < -0.4 is 5.46 Å². The van der Waals surface area contributed by atoms with Crippen LogP contribution in [0.25, 0.3) is 0 Å². The lowest BCUT2D eigenvalue weighted by Gasteiger charge is -2.16. The molecule has 1 aliphatic heterocycles. The van der Waals surface area contributed by atoms with Gasteiger partial charge in [0.2, 0.25) is 0 Å². The first-order valence-corrected chi connectivity index (χ1v) is 6.47. The Kier molecular flexibility index (Phi) is 4.38. The van der Waals surface area contributed by atoms with E-state index >= 15 is 0 Å². The third-order valence-electron chi connectivity index (χ3n) is 3.72. The first kappa shape index (κ1) is 13.5. The maximum Gasteiger partial charge on any atom is 0.488 e. The third kappa shape index (κ3) is 3.10. The molecule has 1 heterocycles. The molecule has 1 aromatic carbocycles. The maximum atomic E-state index is 13.8. The SMILES string of the molecule is CCC1CCN(Cc2ccc(B(O)O)cc2F)C1. The standard InChI is InChI=1S/C13H19BFNO2/c1-2-10-5-6-16(8-10)9-11-3-4-12(14(17)18)7-13(11)15/h3-4,7,10,17-18H,2,5-6,8-9H2,1H3. The Balaban J connectivity index is 2.02. The predicted octanol–water partition coefficient (Wildman–Crippen LogP) is 0.737. The van der Waals surface area contributed by atoms with Crippen LogP contribution in [0.4, 0.5) is 4.39 Å². The van der Waals surface area contributed by atoms with Crippen molar-refractivity contribution in [3.63, 3.8) is 0 Å². The molecule has 1 unspecified atom stereocenters. The van der Waals surface area contributed by atoms with Gasteiger partial charge in [0, 0.05) is 18.7 Å². The van der Waals surface area contributed by atoms with Gasteiger partial charge in [-0.3, -0.25) is 4.90 Å². The lowest BCUT2D eigenvalue weighted by Crippen LogP contribution is -2.30. The van der Waals surface area contributed by atoms with Gasteiger partial charge in [0.15, 0.2) is 0 Å². The van der Waals surface area contributed by atoms with E-state index in [9.17, 15) is 4.39 Å². The molecule has 2 rings (SSSR count). The zero-order chi connectivity index (χ0) is 13.1. The maximum absolute atomic E-state index is 13.8. The molecule has 0 aliphatic carbocycles. The molecule has 2 N–H and O–H groups in total. The summed E-state index contributed by atoms with van der Waals surface area (Å²) < 4.78 is 13.8. The van der Waals surface area contributed by atoms with E-state index in [-0.39, 0.29) is 11.3 Å². The molecule has 0 bridgehead atoms. The summed E-state index contributed by atoms with van der Waals surface area (Å²) in [5.41, 5.74) is 0.820. The number of hydrogen-bond acceptors (Lipinski definition) is 3. The molecule has 0 amide bonds. The van der Waals surface area contributed by atoms with Crippen LogP contribution >= 0.6 is 0 Å². The van der Waals surface area contributed by atoms with Crippen LogP contribution in [0.15, 0.2) is 18.2 Å². The fraction of sp³-hybridized carbons (Fsp3) is 0.538. The molecule has 0 saturated carbocycles. The van der Waals surface area contributed by atoms with E-state index in [1.165, 1.54) is 18.9 Å². The molecule has 0 spiro atoms. The van der Waals surface area contributed by atoms with Crippen molar-refractivity contribution >= 4 is 12.6 Å². The summed E-state index contributed by atoms with van der Waals surface area (Å²) in [5.74, 6) is 0.368. The Bertz CT molecular complexity index is 414. The predicted molar refractivity (Wildman–Crippen MR) is 69.9 cm³/mol. The summed E-state index contributed by atoms with van der Waals surface area (Å²) in [6, 6.07) is 4.41. The molecule has 5 heteroatoms. The highest BCUT2D eigenvalue weighted by Gasteiger charge is 2.22. The minimum Gasteiger partial charge on any atom is -0.423 e. The van der Waals surface area contributed by atoms with Crippen molar-refractivity contribution in [3.8, 4) is 0 Å². The number of halogens is 1. The van der Waals surface area contributed by atoms with Crippen molar-refractivity contribution < 1.29 is 14.4 Å². The summed E-state index contributed by atoms with van der Waals surface area (Å²) in [4.78, 5) is 2.25. The average molecular weight is 251 g/mol. The van der Waals surface area contributed by atoms with Crippen LogP contribution in [0.5, 0.6) is 0 Å². The fourth-order valence-electron chi connectivity index (χ4n) is 2.48. The van der Waals surface area contributed by atoms with Crippen molar-refractivity contribution in [2.45, 2.75) is 26.3 Å². The summed E-state index contributed by atoms with van der Waals surface area (Å²) in [6.07, 6.45) is 2.36. The van der Waals surface area contributed by atoms with Crippen molar-refractivity contribution in [2.24, 2.45) is 5.92 Å². The van der Waals surface area contributed by atoms with Gasteiger partial charge in [0.1, 0.15) is 5.82 Å². The molecule has 1 atom stereocenters. The van der Waals surface area contributed by atoms with Crippen LogP contribution in [0, 0.1) is 11.7 Å². The highest BCUT2D eigenvalue weighted by molar-refractivity contribution is 6.58. The molecule has 1 aliphatic rings. The second-order valence-electron chi connectivity index (χ2n) is 5.02. The van der Waals surface area contributed by atoms with Gasteiger partial charge in [-0.2, -0.15) is 0 Å². The number of likely N-dealkylation sites (tertiary alicyclic amines) is 1. The summed E-state index contributed by atoms with van der Waals surface area (Å²) in [5, 5.41) is 17.9. The van der Waals surface area contributed by atoms with E-state index in [0.717, 1.165) is 19.0 Å². The average Bonchev–Trinajstić information content (AvgIpc) is 2.79. The molecule has 1 aromatic rings. The van der Waals surface area contributed by atoms with Crippen molar-refractivity contribution in [3.05, 3.63) is 29.6 Å². The van der Waals surface area contributed by atoms with Gasteiger partial charge >= 0.3 is 7.12 Å². The first-order chi connectivity index (χ1) is 8.60. The molecule has 1 fully saturated rings. The second-order valence-corrected chi connectivity index (χ2v) is 5.02. The van der Waals surface area contributed by atoms with Crippen LogP contribution in [0.3, 0.4) is 0 Å². The lowest BCUT2D eigenvalue weighted by molar-refractivity contribution is 0.310. The van der Waals surface area contributed by atoms with Gasteiger partial charge in [-0.25, -0.2) is 4.39 Å². The van der Waals surface area contributed by atoms with Crippen molar-refractivity contribution in [1.29, 1.82) is 0 Å². The third-order valence-corrected chi connectivity index (χ3v) is 3.72. The molecule has 98 valence electrons. The number of nitrogens with zero attached hydrogens (tertiary/aromatic N) is 1. The van der Waals surface area contributed by atoms with Gasteiger partial charge in [0.25, 0.3) is 0 Å². The largest absolute Gasteiger partial charge is 0.488 e. The number of benzene rings is 1. The fourth-order valence-corrected chi connectivity index (χ4v) is 2.48.